The van der Waals surface area contributed by atoms with E-state index in [4.69, 9.17) is 12.2 Å². The van der Waals surface area contributed by atoms with Gasteiger partial charge < -0.3 is 15.6 Å². The maximum atomic E-state index is 11.9. The molecule has 2 aromatic rings. The molecule has 0 atom stereocenters. The third kappa shape index (κ3) is 3.39. The molecule has 110 valence electrons. The molecule has 1 aromatic carbocycles. The van der Waals surface area contributed by atoms with Crippen LogP contribution in [0.15, 0.2) is 24.3 Å². The van der Waals surface area contributed by atoms with Crippen molar-refractivity contribution in [3.05, 3.63) is 30.1 Å². The summed E-state index contributed by atoms with van der Waals surface area (Å²) in [4.78, 5) is 19.6. The molecule has 5 nitrogen and oxygen atoms in total. The predicted octanol–water partition coefficient (Wildman–Crippen LogP) is 2.24. The minimum Gasteiger partial charge on any atom is -0.355 e. The first-order valence-corrected chi connectivity index (χ1v) is 7.65. The van der Waals surface area contributed by atoms with E-state index < -0.39 is 0 Å². The van der Waals surface area contributed by atoms with E-state index in [1.54, 1.807) is 0 Å². The lowest BCUT2D eigenvalue weighted by molar-refractivity contribution is -0.123. The van der Waals surface area contributed by atoms with Gasteiger partial charge in [0.2, 0.25) is 5.91 Å². The second kappa shape index (κ2) is 6.22. The zero-order valence-electron chi connectivity index (χ0n) is 11.7. The zero-order chi connectivity index (χ0) is 14.7. The molecule has 1 heterocycles. The number of imidazole rings is 1. The standard InChI is InChI=1S/C15H18N4OS/c20-14(10-5-1-2-6-10)19-15(21)16-9-13-17-11-7-3-4-8-12(11)18-13/h3-4,7-8,10H,1-2,5-6,9H2,(H,17,18)(H2,16,19,20,21). The summed E-state index contributed by atoms with van der Waals surface area (Å²) in [6.45, 7) is 0.471. The fourth-order valence-electron chi connectivity index (χ4n) is 2.70. The summed E-state index contributed by atoms with van der Waals surface area (Å²) < 4.78 is 0. The Labute approximate surface area is 128 Å². The first kappa shape index (κ1) is 14.0. The topological polar surface area (TPSA) is 69.8 Å². The average molecular weight is 302 g/mol. The first-order valence-electron chi connectivity index (χ1n) is 7.25. The number of amides is 1. The third-order valence-electron chi connectivity index (χ3n) is 3.82. The number of carbonyl (C=O) groups is 1. The average Bonchev–Trinajstić information content (AvgIpc) is 3.14. The van der Waals surface area contributed by atoms with Gasteiger partial charge in [0.25, 0.3) is 0 Å². The van der Waals surface area contributed by atoms with Crippen molar-refractivity contribution in [1.82, 2.24) is 20.6 Å². The van der Waals surface area contributed by atoms with Crippen molar-refractivity contribution in [3.8, 4) is 0 Å². The molecule has 3 N–H and O–H groups in total. The van der Waals surface area contributed by atoms with Crippen molar-refractivity contribution < 1.29 is 4.79 Å². The van der Waals surface area contributed by atoms with E-state index in [-0.39, 0.29) is 11.8 Å². The molecule has 0 unspecified atom stereocenters. The van der Waals surface area contributed by atoms with Crippen LogP contribution in [0.2, 0.25) is 0 Å². The van der Waals surface area contributed by atoms with E-state index >= 15 is 0 Å². The number of H-pyrrole nitrogens is 1. The Morgan fingerprint density at radius 1 is 1.33 bits per heavy atom. The molecule has 0 radical (unpaired) electrons. The fraction of sp³-hybridized carbons (Fsp3) is 0.400. The summed E-state index contributed by atoms with van der Waals surface area (Å²) in [5.74, 6) is 0.958. The second-order valence-electron chi connectivity index (χ2n) is 5.35. The van der Waals surface area contributed by atoms with E-state index in [0.717, 1.165) is 42.5 Å². The first-order chi connectivity index (χ1) is 10.2. The molecule has 1 aromatic heterocycles. The zero-order valence-corrected chi connectivity index (χ0v) is 12.5. The van der Waals surface area contributed by atoms with E-state index in [1.807, 2.05) is 24.3 Å². The second-order valence-corrected chi connectivity index (χ2v) is 5.76. The number of aromatic amines is 1. The fourth-order valence-corrected chi connectivity index (χ4v) is 2.87. The summed E-state index contributed by atoms with van der Waals surface area (Å²) in [5, 5.41) is 6.15. The van der Waals surface area contributed by atoms with Crippen molar-refractivity contribution in [1.29, 1.82) is 0 Å². The Balaban J connectivity index is 1.52. The Hall–Kier alpha value is -1.95. The number of carbonyl (C=O) groups excluding carboxylic acids is 1. The van der Waals surface area contributed by atoms with Crippen LogP contribution in [0.1, 0.15) is 31.5 Å². The van der Waals surface area contributed by atoms with E-state index in [0.29, 0.717) is 11.7 Å². The van der Waals surface area contributed by atoms with Gasteiger partial charge in [0.15, 0.2) is 5.11 Å². The molecule has 1 amide bonds. The molecular formula is C15H18N4OS. The van der Waals surface area contributed by atoms with Gasteiger partial charge in [-0.2, -0.15) is 0 Å². The molecule has 1 aliphatic rings. The van der Waals surface area contributed by atoms with Crippen molar-refractivity contribution >= 4 is 34.3 Å². The number of hydrogen-bond acceptors (Lipinski definition) is 3. The molecular weight excluding hydrogens is 284 g/mol. The molecule has 1 saturated carbocycles. The molecule has 21 heavy (non-hydrogen) atoms. The van der Waals surface area contributed by atoms with Crippen LogP contribution in [-0.4, -0.2) is 21.0 Å². The van der Waals surface area contributed by atoms with Crippen molar-refractivity contribution in [2.75, 3.05) is 0 Å². The summed E-state index contributed by atoms with van der Waals surface area (Å²) >= 11 is 5.16. The Kier molecular flexibility index (Phi) is 4.15. The molecule has 3 rings (SSSR count). The normalized spacial score (nSPS) is 15.2. The van der Waals surface area contributed by atoms with Crippen LogP contribution in [0.3, 0.4) is 0 Å². The lowest BCUT2D eigenvalue weighted by atomic mass is 10.1. The van der Waals surface area contributed by atoms with Crippen LogP contribution in [-0.2, 0) is 11.3 Å². The highest BCUT2D eigenvalue weighted by Crippen LogP contribution is 2.24. The van der Waals surface area contributed by atoms with Crippen LogP contribution >= 0.6 is 12.2 Å². The van der Waals surface area contributed by atoms with E-state index in [2.05, 4.69) is 20.6 Å². The summed E-state index contributed by atoms with van der Waals surface area (Å²) in [5.41, 5.74) is 1.92. The minimum atomic E-state index is 0.0367. The van der Waals surface area contributed by atoms with Crippen molar-refractivity contribution in [3.63, 3.8) is 0 Å². The smallest absolute Gasteiger partial charge is 0.229 e. The molecule has 6 heteroatoms. The van der Waals surface area contributed by atoms with Gasteiger partial charge in [-0.3, -0.25) is 4.79 Å². The van der Waals surface area contributed by atoms with Gasteiger partial charge in [-0.1, -0.05) is 25.0 Å². The van der Waals surface area contributed by atoms with Gasteiger partial charge in [-0.15, -0.1) is 0 Å². The van der Waals surface area contributed by atoms with Crippen LogP contribution in [0.25, 0.3) is 11.0 Å². The number of para-hydroxylation sites is 2. The van der Waals surface area contributed by atoms with Gasteiger partial charge >= 0.3 is 0 Å². The number of hydrogen-bond donors (Lipinski definition) is 3. The number of aromatic nitrogens is 2. The molecule has 0 bridgehead atoms. The highest BCUT2D eigenvalue weighted by atomic mass is 32.1. The van der Waals surface area contributed by atoms with Crippen molar-refractivity contribution in [2.24, 2.45) is 5.92 Å². The van der Waals surface area contributed by atoms with E-state index in [1.165, 1.54) is 0 Å². The van der Waals surface area contributed by atoms with Crippen LogP contribution in [0, 0.1) is 5.92 Å². The molecule has 0 aliphatic heterocycles. The Morgan fingerprint density at radius 2 is 2.10 bits per heavy atom. The van der Waals surface area contributed by atoms with Crippen LogP contribution in [0.5, 0.6) is 0 Å². The van der Waals surface area contributed by atoms with Crippen LogP contribution in [0.4, 0.5) is 0 Å². The predicted molar refractivity (Wildman–Crippen MR) is 85.6 cm³/mol. The number of fused-ring (bicyclic) bond motifs is 1. The summed E-state index contributed by atoms with van der Waals surface area (Å²) in [7, 11) is 0. The summed E-state index contributed by atoms with van der Waals surface area (Å²) in [6.07, 6.45) is 4.21. The molecule has 0 saturated heterocycles. The van der Waals surface area contributed by atoms with Crippen LogP contribution < -0.4 is 10.6 Å². The largest absolute Gasteiger partial charge is 0.355 e. The Morgan fingerprint density at radius 3 is 2.86 bits per heavy atom. The number of nitrogens with zero attached hydrogens (tertiary/aromatic N) is 1. The number of rotatable bonds is 3. The van der Waals surface area contributed by atoms with E-state index in [9.17, 15) is 4.79 Å². The van der Waals surface area contributed by atoms with Crippen molar-refractivity contribution in [2.45, 2.75) is 32.2 Å². The van der Waals surface area contributed by atoms with Gasteiger partial charge in [-0.25, -0.2) is 4.98 Å². The van der Waals surface area contributed by atoms with Gasteiger partial charge in [-0.05, 0) is 37.2 Å². The highest BCUT2D eigenvalue weighted by molar-refractivity contribution is 7.80. The van der Waals surface area contributed by atoms with Gasteiger partial charge in [0.05, 0.1) is 17.6 Å². The van der Waals surface area contributed by atoms with Gasteiger partial charge in [0, 0.05) is 5.92 Å². The lowest BCUT2D eigenvalue weighted by Crippen LogP contribution is -2.41. The Bertz CT molecular complexity index is 627. The minimum absolute atomic E-state index is 0.0367. The highest BCUT2D eigenvalue weighted by Gasteiger charge is 2.23. The number of benzene rings is 1. The lowest BCUT2D eigenvalue weighted by Gasteiger charge is -2.11. The monoisotopic (exact) mass is 302 g/mol. The quantitative estimate of drug-likeness (QED) is 0.761. The van der Waals surface area contributed by atoms with Gasteiger partial charge in [0.1, 0.15) is 5.82 Å². The molecule has 0 spiro atoms. The maximum Gasteiger partial charge on any atom is 0.229 e. The summed E-state index contributed by atoms with van der Waals surface area (Å²) in [6, 6.07) is 7.85. The number of thiocarbonyl (C=S) groups is 1. The third-order valence-corrected chi connectivity index (χ3v) is 4.06. The maximum absolute atomic E-state index is 11.9. The molecule has 1 aliphatic carbocycles. The SMILES string of the molecule is O=C(NC(=S)NCc1nc2ccccc2[nH]1)C1CCCC1. The molecule has 1 fully saturated rings. The number of nitrogens with one attached hydrogen (secondary N) is 3.